The van der Waals surface area contributed by atoms with Gasteiger partial charge in [-0.15, -0.1) is 0 Å². The van der Waals surface area contributed by atoms with Gasteiger partial charge in [0, 0.05) is 67.4 Å². The van der Waals surface area contributed by atoms with Gasteiger partial charge in [0.05, 0.1) is 63.7 Å². The van der Waals surface area contributed by atoms with Gasteiger partial charge in [0.2, 0.25) is 35.3 Å². The Balaban J connectivity index is 0.000000302. The van der Waals surface area contributed by atoms with Crippen LogP contribution in [0.3, 0.4) is 0 Å². The number of phosphoric ester groups is 4. The van der Waals surface area contributed by atoms with Crippen molar-refractivity contribution < 1.29 is 203 Å². The molecule has 66 nitrogen and oxygen atoms in total. The fraction of sp³-hybridized carbons (Fsp3) is 0.597. The molecule has 778 valence electrons. The highest BCUT2D eigenvalue weighted by atomic mass is 33.1. The number of hydrogen-bond acceptors (Lipinski definition) is 55. The fourth-order valence-corrected chi connectivity index (χ4v) is 26.9. The quantitative estimate of drug-likeness (QED) is 0.00555. The van der Waals surface area contributed by atoms with Crippen LogP contribution < -0.4 is 120 Å². The van der Waals surface area contributed by atoms with Gasteiger partial charge in [-0.05, 0) is 12.8 Å². The van der Waals surface area contributed by atoms with Crippen LogP contribution in [0.4, 0.5) is 16.7 Å². The highest BCUT2D eigenvalue weighted by Gasteiger charge is 2.52. The predicted octanol–water partition coefficient (Wildman–Crippen LogP) is -11.9. The molecule has 27 atom stereocenters. The lowest BCUT2D eigenvalue weighted by molar-refractivity contribution is -0.746. The summed E-state index contributed by atoms with van der Waals surface area (Å²) in [6.45, 7) is -4.99. The molecule has 0 spiro atoms. The molecule has 4 amide bonds. The van der Waals surface area contributed by atoms with Crippen molar-refractivity contribution in [3.8, 4) is 0 Å². The Morgan fingerprint density at radius 3 is 1.32 bits per heavy atom. The number of nitrogen functional groups attached to an aromatic ring is 2. The van der Waals surface area contributed by atoms with E-state index in [0.717, 1.165) is 46.5 Å². The Bertz CT molecular complexity index is 6350. The number of amides is 4. The number of carbonyl (C=O) groups is 3. The van der Waals surface area contributed by atoms with Crippen molar-refractivity contribution in [3.63, 3.8) is 0 Å². The predicted molar refractivity (Wildman–Crippen MR) is 453 cm³/mol. The van der Waals surface area contributed by atoms with Crippen LogP contribution in [0.1, 0.15) is 75.6 Å². The Morgan fingerprint density at radius 1 is 0.518 bits per heavy atom. The zero-order valence-corrected chi connectivity index (χ0v) is 79.9. The first kappa shape index (κ1) is 114. The number of aliphatic hydroxyl groups excluding tert-OH is 8. The number of carbonyl (C=O) groups excluding carboxylic acids is 3. The van der Waals surface area contributed by atoms with Gasteiger partial charge in [-0.2, -0.15) is 11.8 Å². The maximum Gasteiger partial charge on any atom is 0.330 e. The van der Waals surface area contributed by atoms with Crippen LogP contribution in [0, 0.1) is 0 Å². The number of fused-ring (bicyclic) bond motifs is 3. The molecular formula is C62H89N19O47P8S3-6. The van der Waals surface area contributed by atoms with Gasteiger partial charge in [0.25, 0.3) is 96.7 Å². The molecule has 0 saturated carbocycles. The molecule has 6 aliphatic heterocycles. The Morgan fingerprint density at radius 2 is 0.899 bits per heavy atom. The van der Waals surface area contributed by atoms with E-state index in [0.29, 0.717) is 38.9 Å². The largest absolute Gasteiger partial charge is 0.756 e. The number of aryl methyl sites for hydroxylation is 2. The van der Waals surface area contributed by atoms with Gasteiger partial charge in [0.1, 0.15) is 73.2 Å². The first-order valence-electron chi connectivity index (χ1n) is 39.5. The van der Waals surface area contributed by atoms with Crippen LogP contribution in [-0.4, -0.2) is 261 Å². The molecule has 6 saturated heterocycles. The Kier molecular flexibility index (Phi) is 38.5. The number of unbranched alkanes of at least 4 members (excludes halogenated alkanes) is 1. The fourth-order valence-electron chi connectivity index (χ4n) is 14.0. The molecule has 6 aliphatic rings. The van der Waals surface area contributed by atoms with Crippen LogP contribution in [0.25, 0.3) is 34.5 Å². The molecule has 6 fully saturated rings. The van der Waals surface area contributed by atoms with Crippen molar-refractivity contribution in [1.29, 1.82) is 0 Å². The van der Waals surface area contributed by atoms with E-state index in [9.17, 15) is 160 Å². The molecule has 12 heterocycles. The first-order valence-corrected chi connectivity index (χ1v) is 54.7. The van der Waals surface area contributed by atoms with Crippen molar-refractivity contribution in [2.24, 2.45) is 19.8 Å². The first-order chi connectivity index (χ1) is 64.4. The number of ether oxygens (including phenoxy) is 4. The summed E-state index contributed by atoms with van der Waals surface area (Å²) < 4.78 is 165. The summed E-state index contributed by atoms with van der Waals surface area (Å²) in [5.41, 5.74) is 10.2. The van der Waals surface area contributed by atoms with Crippen LogP contribution in [0.15, 0.2) is 66.0 Å². The summed E-state index contributed by atoms with van der Waals surface area (Å²) in [5, 5.41) is 95.9. The molecule has 6 aromatic rings. The van der Waals surface area contributed by atoms with Gasteiger partial charge in [-0.3, -0.25) is 103 Å². The standard InChI is InChI=1S/C38H57N11O25P4S3.C23H34N8O22P4.CH4/c1-47-17-49(31-26(47)33(57)45-36(39)44-31)35-30(55)28(53)21(71-35)15-69-76(62,63)73-78(66,67)74-77(64,65)72-75(60,61)68-14-20-27(52)29(54)34(70-20)48-13-18(32(56)46-38(48)59)5-4-9-40-24(51)8-11-80-81-12-10-41-23(50)7-3-2-6-22-25-19(16-79-22)42-37(58)43-25;1-29-8-31(17-12(29)19(37)27-22(25)26-17)21-16(35)14(33)11(50-21)7-48-55(41,42)52-57(45,46)53-56(43,44)51-54(39,40)47-6-10-13(32)15(34)20(49-10)30-5-9(3-2-4-24)18(36)28-23(30)38;/h4-5,13,17,19-22,25,27-30,34-35,52-55H,2-3,6-12,14-16H2,1H3,(H11-,39,40,41,42,43,44,45,46,50,51,56,57,58,59,60,61,62,63,64,65,66,67);2-3,5,8,10-11,13-16,20-21,32-35H,4,6-7,24H2,1H3,(H7-,25,26,27,28,36,37,38,39,40,41,42,43,44,45,46);1H4/p-6/b5-4+;3-2+;/t19-,20+,21+,22-,25-,27?,28?,29-,30?,34+,35+;10-,11-,13+,14?,15?,16?,20-,21-;/m01./s1. The van der Waals surface area contributed by atoms with Crippen molar-refractivity contribution in [3.05, 3.63) is 111 Å². The van der Waals surface area contributed by atoms with E-state index >= 15 is 0 Å². The van der Waals surface area contributed by atoms with Crippen LogP contribution >= 0.6 is 95.9 Å². The minimum atomic E-state index is -6.74. The number of anilines is 2. The van der Waals surface area contributed by atoms with Gasteiger partial charge in [-0.1, -0.05) is 69.7 Å². The van der Waals surface area contributed by atoms with Crippen molar-refractivity contribution in [1.82, 2.24) is 69.4 Å². The Hall–Kier alpha value is -7.00. The topological polar surface area (TPSA) is 1010 Å². The van der Waals surface area contributed by atoms with E-state index in [1.807, 2.05) is 21.7 Å². The number of nitrogens with zero attached hydrogens (tertiary/aromatic N) is 8. The van der Waals surface area contributed by atoms with Crippen molar-refractivity contribution in [2.75, 3.05) is 74.8 Å². The highest BCUT2D eigenvalue weighted by Crippen LogP contribution is 2.68. The zero-order valence-electron chi connectivity index (χ0n) is 70.3. The monoisotopic (exact) mass is 2200 g/mol. The maximum atomic E-state index is 12.8. The van der Waals surface area contributed by atoms with E-state index in [1.165, 1.54) is 81.8 Å². The van der Waals surface area contributed by atoms with Gasteiger partial charge in [0.15, 0.2) is 25.1 Å². The number of aromatic nitrogens is 12. The van der Waals surface area contributed by atoms with E-state index in [2.05, 4.69) is 85.2 Å². The number of phosphoric acid groups is 8. The Labute approximate surface area is 789 Å². The van der Waals surface area contributed by atoms with Gasteiger partial charge in [-0.25, -0.2) is 49.4 Å². The molecule has 22 N–H and O–H groups in total. The molecular weight excluding hydrogens is 2110 g/mol. The number of rotatable bonds is 45. The number of H-pyrrole nitrogens is 4. The number of urea groups is 1. The van der Waals surface area contributed by atoms with E-state index < -0.39 is 221 Å². The molecule has 0 bridgehead atoms. The minimum absolute atomic E-state index is 0. The molecule has 12 rings (SSSR count). The SMILES string of the molecule is C.Cn1c[n+]([C@@H]2O[C@H](COP(=O)([O-])OP(=O)([O-])OP(=O)([O-])OP(=O)([O-])OC[C@H]3O[C@@H](n4cc(/C=C/CN)c(=O)[nH]c4=O)C(O)[C@H]3O)C(O)C2O)c2nc(N)[nH]c(=O)c21.Cn1c[n+]([C@@H]2O[C@H](COP(=O)([O-])OP(=O)([O-])OP(=O)([O-])OP(=O)([O-])OC[C@H]3O[C@@H](n4cc(/C=C/CNC(=O)CCSSCCNC(=O)CCCC[C@@H]5SC[C@@H]6NC(=O)N[C@@H]65)c(=O)[nH]c4=O)[C@@H](O)C3O)C(O)C2O)c2nc(N)[nH]c(=O)c21. The van der Waals surface area contributed by atoms with Gasteiger partial charge >= 0.3 is 28.7 Å². The lowest BCUT2D eigenvalue weighted by atomic mass is 10.0. The maximum absolute atomic E-state index is 12.8. The minimum Gasteiger partial charge on any atom is -0.756 e. The summed E-state index contributed by atoms with van der Waals surface area (Å²) in [5.74, 6) is 0.852. The number of nitrogens with two attached hydrogens (primary N) is 3. The molecule has 0 aromatic carbocycles. The summed E-state index contributed by atoms with van der Waals surface area (Å²) in [6.07, 6.45) is -17.6. The summed E-state index contributed by atoms with van der Waals surface area (Å²) in [7, 11) is -46.1. The number of imidazole rings is 2. The molecule has 0 radical (unpaired) electrons. The zero-order chi connectivity index (χ0) is 102. The van der Waals surface area contributed by atoms with E-state index in [1.54, 1.807) is 0 Å². The second kappa shape index (κ2) is 47.0. The lowest BCUT2D eigenvalue weighted by Gasteiger charge is -2.36. The van der Waals surface area contributed by atoms with E-state index in [-0.39, 0.29) is 102 Å². The van der Waals surface area contributed by atoms with Crippen LogP contribution in [0.5, 0.6) is 0 Å². The van der Waals surface area contributed by atoms with E-state index in [4.69, 9.17) is 36.1 Å². The molecule has 6 aromatic heterocycles. The molecule has 77 heteroatoms. The summed E-state index contributed by atoms with van der Waals surface area (Å²) >= 11 is 1.83. The average Bonchev–Trinajstić information content (AvgIpc) is 1.60. The van der Waals surface area contributed by atoms with Gasteiger partial charge < -0.3 is 156 Å². The van der Waals surface area contributed by atoms with Crippen LogP contribution in [0.2, 0.25) is 0 Å². The lowest BCUT2D eigenvalue weighted by Crippen LogP contribution is -2.46. The third-order valence-corrected chi connectivity index (χ3v) is 35.4. The summed E-state index contributed by atoms with van der Waals surface area (Å²) in [6, 6.07) is 0.157. The normalized spacial score (nSPS) is 28.7. The number of nitrogens with one attached hydrogen (secondary N) is 8. The second-order valence-electron chi connectivity index (χ2n) is 29.9. The number of thioether (sulfide) groups is 1. The number of aromatic amines is 4. The third-order valence-electron chi connectivity index (χ3n) is 20.0. The third kappa shape index (κ3) is 29.9. The molecule has 139 heavy (non-hydrogen) atoms. The smallest absolute Gasteiger partial charge is 0.330 e. The molecule has 14 unspecified atom stereocenters. The highest BCUT2D eigenvalue weighted by molar-refractivity contribution is 8.76. The molecule has 0 aliphatic carbocycles. The summed E-state index contributed by atoms with van der Waals surface area (Å²) in [4.78, 5) is 225. The number of hydrogen-bond donors (Lipinski definition) is 19. The van der Waals surface area contributed by atoms with Crippen molar-refractivity contribution in [2.45, 2.75) is 155 Å². The number of aliphatic hydroxyl groups is 8. The van der Waals surface area contributed by atoms with Crippen LogP contribution in [-0.2, 0) is 123 Å². The average molecular weight is 2200 g/mol. The second-order valence-corrected chi connectivity index (χ2v) is 46.0. The van der Waals surface area contributed by atoms with Crippen molar-refractivity contribution >= 4 is 160 Å².